The summed E-state index contributed by atoms with van der Waals surface area (Å²) in [5, 5.41) is 0.983. The zero-order valence-electron chi connectivity index (χ0n) is 7.23. The molecule has 0 atom stereocenters. The van der Waals surface area contributed by atoms with Crippen LogP contribution >= 0.6 is 11.8 Å². The van der Waals surface area contributed by atoms with Gasteiger partial charge in [-0.1, -0.05) is 23.9 Å². The average Bonchev–Trinajstić information content (AvgIpc) is 2.46. The lowest BCUT2D eigenvalue weighted by Crippen LogP contribution is -2.09. The lowest BCUT2D eigenvalue weighted by Gasteiger charge is -2.11. The van der Waals surface area contributed by atoms with Crippen molar-refractivity contribution >= 4 is 23.7 Å². The molecule has 2 rings (SSSR count). The second-order valence-corrected chi connectivity index (χ2v) is 3.83. The fourth-order valence-corrected chi connectivity index (χ4v) is 2.36. The minimum absolute atomic E-state index is 0.824. The van der Waals surface area contributed by atoms with Gasteiger partial charge in [-0.2, -0.15) is 0 Å². The maximum Gasteiger partial charge on any atom is 0.145 e. The van der Waals surface area contributed by atoms with Gasteiger partial charge in [-0.25, -0.2) is 0 Å². The molecule has 1 aromatic rings. The van der Waals surface area contributed by atoms with Crippen LogP contribution in [0.2, 0.25) is 0 Å². The quantitative estimate of drug-likeness (QED) is 0.501. The van der Waals surface area contributed by atoms with Crippen LogP contribution < -0.4 is 4.90 Å². The predicted octanol–water partition coefficient (Wildman–Crippen LogP) is 2.27. The molecule has 0 saturated carbocycles. The Morgan fingerprint density at radius 1 is 1.38 bits per heavy atom. The van der Waals surface area contributed by atoms with Crippen molar-refractivity contribution < 1.29 is 4.79 Å². The molecule has 0 amide bonds. The highest BCUT2D eigenvalue weighted by Gasteiger charge is 2.20. The third kappa shape index (κ3) is 1.35. The van der Waals surface area contributed by atoms with E-state index in [1.165, 1.54) is 10.6 Å². The van der Waals surface area contributed by atoms with Gasteiger partial charge in [-0.05, 0) is 12.1 Å². The summed E-state index contributed by atoms with van der Waals surface area (Å²) >= 11 is 1.62. The van der Waals surface area contributed by atoms with Crippen LogP contribution in [0.5, 0.6) is 0 Å². The van der Waals surface area contributed by atoms with Crippen LogP contribution in [0.3, 0.4) is 0 Å². The number of benzene rings is 1. The maximum absolute atomic E-state index is 10.3. The molecule has 0 spiro atoms. The Morgan fingerprint density at radius 2 is 2.15 bits per heavy atom. The van der Waals surface area contributed by atoms with E-state index in [1.807, 2.05) is 30.1 Å². The minimum atomic E-state index is 0.824. The molecule has 0 fully saturated rings. The summed E-state index contributed by atoms with van der Waals surface area (Å²) in [7, 11) is 1.97. The van der Waals surface area contributed by atoms with Crippen molar-refractivity contribution in [1.82, 2.24) is 0 Å². The Bertz CT molecular complexity index is 373. The van der Waals surface area contributed by atoms with E-state index in [0.29, 0.717) is 0 Å². The summed E-state index contributed by atoms with van der Waals surface area (Å²) in [6.07, 6.45) is 2.41. The lowest BCUT2D eigenvalue weighted by atomic mass is 10.3. The van der Waals surface area contributed by atoms with Gasteiger partial charge in [0.25, 0.3) is 0 Å². The Morgan fingerprint density at radius 3 is 2.85 bits per heavy atom. The third-order valence-electron chi connectivity index (χ3n) is 1.98. The smallest absolute Gasteiger partial charge is 0.145 e. The molecule has 1 aliphatic heterocycles. The number of nitrogens with zero attached hydrogens (tertiary/aromatic N) is 1. The zero-order chi connectivity index (χ0) is 9.26. The first-order chi connectivity index (χ1) is 6.33. The molecule has 0 N–H and O–H groups in total. The van der Waals surface area contributed by atoms with Crippen LogP contribution in [0.1, 0.15) is 0 Å². The SMILES string of the molecule is CN1/C(=C\C=O)Sc2ccccc21. The number of fused-ring (bicyclic) bond motifs is 1. The maximum atomic E-state index is 10.3. The molecule has 13 heavy (non-hydrogen) atoms. The van der Waals surface area contributed by atoms with Crippen LogP contribution in [0.15, 0.2) is 40.3 Å². The van der Waals surface area contributed by atoms with E-state index in [4.69, 9.17) is 0 Å². The lowest BCUT2D eigenvalue weighted by molar-refractivity contribution is -0.104. The van der Waals surface area contributed by atoms with Gasteiger partial charge >= 0.3 is 0 Å². The van der Waals surface area contributed by atoms with Gasteiger partial charge in [-0.15, -0.1) is 0 Å². The summed E-state index contributed by atoms with van der Waals surface area (Å²) in [4.78, 5) is 13.6. The van der Waals surface area contributed by atoms with Gasteiger partial charge in [0.2, 0.25) is 0 Å². The number of hydrogen-bond donors (Lipinski definition) is 0. The summed E-state index contributed by atoms with van der Waals surface area (Å²) in [5.74, 6) is 0. The summed E-state index contributed by atoms with van der Waals surface area (Å²) < 4.78 is 0. The van der Waals surface area contributed by atoms with Crippen LogP contribution in [-0.2, 0) is 4.79 Å². The Balaban J connectivity index is 2.43. The summed E-state index contributed by atoms with van der Waals surface area (Å²) in [6, 6.07) is 8.11. The first-order valence-corrected chi connectivity index (χ1v) is 4.80. The molecule has 0 aromatic heterocycles. The molecule has 3 heteroatoms. The number of carbonyl (C=O) groups is 1. The number of rotatable bonds is 1. The monoisotopic (exact) mass is 191 g/mol. The Hall–Kier alpha value is -1.22. The highest BCUT2D eigenvalue weighted by molar-refractivity contribution is 8.03. The standard InChI is InChI=1S/C10H9NOS/c1-11-8-4-2-3-5-9(8)13-10(11)6-7-12/h2-7H,1H3/b10-6+. The van der Waals surface area contributed by atoms with Gasteiger partial charge < -0.3 is 4.90 Å². The average molecular weight is 191 g/mol. The summed E-state index contributed by atoms with van der Waals surface area (Å²) in [6.45, 7) is 0. The topological polar surface area (TPSA) is 20.3 Å². The van der Waals surface area contributed by atoms with E-state index in [-0.39, 0.29) is 0 Å². The number of allylic oxidation sites excluding steroid dienone is 1. The first-order valence-electron chi connectivity index (χ1n) is 3.99. The van der Waals surface area contributed by atoms with Crippen molar-refractivity contribution in [2.45, 2.75) is 4.90 Å². The molecule has 1 aliphatic rings. The van der Waals surface area contributed by atoms with Crippen LogP contribution in [0.25, 0.3) is 0 Å². The van der Waals surface area contributed by atoms with Crippen molar-refractivity contribution in [1.29, 1.82) is 0 Å². The largest absolute Gasteiger partial charge is 0.338 e. The second kappa shape index (κ2) is 3.26. The van der Waals surface area contributed by atoms with E-state index in [1.54, 1.807) is 17.8 Å². The molecule has 1 heterocycles. The molecule has 0 aliphatic carbocycles. The molecular formula is C10H9NOS. The van der Waals surface area contributed by atoms with Gasteiger partial charge in [0.05, 0.1) is 10.7 Å². The van der Waals surface area contributed by atoms with Crippen LogP contribution in [-0.4, -0.2) is 13.3 Å². The fraction of sp³-hybridized carbons (Fsp3) is 0.100. The molecule has 0 radical (unpaired) electrons. The van der Waals surface area contributed by atoms with E-state index >= 15 is 0 Å². The van der Waals surface area contributed by atoms with Gasteiger partial charge in [0.1, 0.15) is 6.29 Å². The third-order valence-corrected chi connectivity index (χ3v) is 3.17. The van der Waals surface area contributed by atoms with E-state index in [0.717, 1.165) is 11.3 Å². The van der Waals surface area contributed by atoms with Gasteiger partial charge in [0.15, 0.2) is 0 Å². The first kappa shape index (κ1) is 8.38. The van der Waals surface area contributed by atoms with E-state index < -0.39 is 0 Å². The molecule has 0 unspecified atom stereocenters. The number of para-hydroxylation sites is 1. The van der Waals surface area contributed by atoms with Crippen molar-refractivity contribution in [2.24, 2.45) is 0 Å². The fourth-order valence-electron chi connectivity index (χ4n) is 1.32. The van der Waals surface area contributed by atoms with Crippen molar-refractivity contribution in [3.8, 4) is 0 Å². The number of aldehydes is 1. The number of carbonyl (C=O) groups excluding carboxylic acids is 1. The Kier molecular flexibility index (Phi) is 2.10. The highest BCUT2D eigenvalue weighted by Crippen LogP contribution is 2.44. The van der Waals surface area contributed by atoms with Crippen molar-refractivity contribution in [2.75, 3.05) is 11.9 Å². The van der Waals surface area contributed by atoms with Gasteiger partial charge in [0, 0.05) is 18.0 Å². The second-order valence-electron chi connectivity index (χ2n) is 2.77. The Labute approximate surface area is 81.2 Å². The molecule has 2 nitrogen and oxygen atoms in total. The minimum Gasteiger partial charge on any atom is -0.338 e. The van der Waals surface area contributed by atoms with E-state index in [9.17, 15) is 4.79 Å². The predicted molar refractivity (Wildman–Crippen MR) is 54.8 cm³/mol. The number of hydrogen-bond acceptors (Lipinski definition) is 3. The molecule has 0 saturated heterocycles. The van der Waals surface area contributed by atoms with E-state index in [2.05, 4.69) is 6.07 Å². The van der Waals surface area contributed by atoms with Crippen LogP contribution in [0, 0.1) is 0 Å². The normalized spacial score (nSPS) is 17.6. The van der Waals surface area contributed by atoms with Crippen molar-refractivity contribution in [3.05, 3.63) is 35.4 Å². The van der Waals surface area contributed by atoms with Gasteiger partial charge in [-0.3, -0.25) is 4.79 Å². The van der Waals surface area contributed by atoms with Crippen LogP contribution in [0.4, 0.5) is 5.69 Å². The number of thioether (sulfide) groups is 1. The molecule has 0 bridgehead atoms. The molecule has 1 aromatic carbocycles. The zero-order valence-corrected chi connectivity index (χ0v) is 8.04. The molecular weight excluding hydrogens is 182 g/mol. The summed E-state index contributed by atoms with van der Waals surface area (Å²) in [5.41, 5.74) is 1.17. The highest BCUT2D eigenvalue weighted by atomic mass is 32.2. The molecule has 66 valence electrons. The number of anilines is 1. The van der Waals surface area contributed by atoms with Crippen molar-refractivity contribution in [3.63, 3.8) is 0 Å².